The molecule has 1 aliphatic heterocycles. The molecule has 0 aliphatic carbocycles. The number of hydrogen-bond donors (Lipinski definition) is 2. The van der Waals surface area contributed by atoms with Crippen molar-refractivity contribution in [1.82, 2.24) is 5.32 Å². The molecule has 1 saturated heterocycles. The lowest BCUT2D eigenvalue weighted by Crippen LogP contribution is -2.52. The molecule has 0 aromatic heterocycles. The molecule has 1 aliphatic rings. The van der Waals surface area contributed by atoms with Crippen LogP contribution in [0.2, 0.25) is 0 Å². The van der Waals surface area contributed by atoms with Gasteiger partial charge >= 0.3 is 0 Å². The summed E-state index contributed by atoms with van der Waals surface area (Å²) in [6, 6.07) is 19.9. The van der Waals surface area contributed by atoms with Crippen molar-refractivity contribution in [2.24, 2.45) is 0 Å². The smallest absolute Gasteiger partial charge is 0.121 e. The molecular weight excluding hydrogens is 298 g/mol. The van der Waals surface area contributed by atoms with Crippen molar-refractivity contribution >= 4 is 12.4 Å². The van der Waals surface area contributed by atoms with Crippen molar-refractivity contribution in [3.05, 3.63) is 71.8 Å². The molecule has 2 atom stereocenters. The molecule has 0 unspecified atom stereocenters. The molecule has 3 rings (SSSR count). The first-order chi connectivity index (χ1) is 10.3. The normalized spacial score (nSPS) is 20.7. The monoisotopic (exact) mass is 319 g/mol. The van der Waals surface area contributed by atoms with Crippen LogP contribution in [0, 0.1) is 0 Å². The van der Waals surface area contributed by atoms with Crippen LogP contribution in [0.1, 0.15) is 11.1 Å². The van der Waals surface area contributed by atoms with Gasteiger partial charge in [0.2, 0.25) is 0 Å². The van der Waals surface area contributed by atoms with Gasteiger partial charge in [0.15, 0.2) is 0 Å². The fourth-order valence-electron chi connectivity index (χ4n) is 2.91. The van der Waals surface area contributed by atoms with Gasteiger partial charge < -0.3 is 15.2 Å². The maximum atomic E-state index is 11.4. The number of ether oxygens (including phenoxy) is 1. The van der Waals surface area contributed by atoms with Crippen molar-refractivity contribution < 1.29 is 9.84 Å². The average Bonchev–Trinajstić information content (AvgIpc) is 2.57. The van der Waals surface area contributed by atoms with E-state index in [9.17, 15) is 5.11 Å². The molecule has 0 amide bonds. The van der Waals surface area contributed by atoms with Crippen LogP contribution in [0.4, 0.5) is 0 Å². The molecule has 0 spiro atoms. The van der Waals surface area contributed by atoms with Gasteiger partial charge in [-0.1, -0.05) is 60.7 Å². The third-order valence-corrected chi connectivity index (χ3v) is 4.05. The Morgan fingerprint density at radius 3 is 2.27 bits per heavy atom. The van der Waals surface area contributed by atoms with Crippen molar-refractivity contribution in [3.8, 4) is 0 Å². The first-order valence-corrected chi connectivity index (χ1v) is 7.43. The Morgan fingerprint density at radius 2 is 1.68 bits per heavy atom. The second-order valence-electron chi connectivity index (χ2n) is 5.52. The molecule has 0 radical (unpaired) electrons. The average molecular weight is 320 g/mol. The van der Waals surface area contributed by atoms with E-state index in [1.54, 1.807) is 0 Å². The molecule has 0 bridgehead atoms. The van der Waals surface area contributed by atoms with Crippen LogP contribution in [0.3, 0.4) is 0 Å². The van der Waals surface area contributed by atoms with Gasteiger partial charge in [-0.2, -0.15) is 0 Å². The molecule has 3 nitrogen and oxygen atoms in total. The number of hydrogen-bond acceptors (Lipinski definition) is 3. The van der Waals surface area contributed by atoms with Gasteiger partial charge in [0.1, 0.15) is 11.7 Å². The maximum absolute atomic E-state index is 11.4. The minimum absolute atomic E-state index is 0. The van der Waals surface area contributed by atoms with Gasteiger partial charge in [-0.3, -0.25) is 0 Å². The van der Waals surface area contributed by atoms with Crippen LogP contribution in [0.5, 0.6) is 0 Å². The van der Waals surface area contributed by atoms with E-state index in [-0.39, 0.29) is 18.5 Å². The number of aliphatic hydroxyl groups is 1. The van der Waals surface area contributed by atoms with Crippen LogP contribution < -0.4 is 5.32 Å². The minimum Gasteiger partial charge on any atom is -0.382 e. The standard InChI is InChI=1S/C18H21NO2.ClH/c20-18(16-9-5-2-6-10-16,17-14-19-11-12-21-17)13-15-7-3-1-4-8-15;/h1-10,17,19-20H,11-14H2;1H/t17-,18+;/m1./s1. The molecule has 4 heteroatoms. The third-order valence-electron chi connectivity index (χ3n) is 4.05. The lowest BCUT2D eigenvalue weighted by atomic mass is 9.82. The topological polar surface area (TPSA) is 41.5 Å². The van der Waals surface area contributed by atoms with Gasteiger partial charge in [0.05, 0.1) is 6.61 Å². The highest BCUT2D eigenvalue weighted by molar-refractivity contribution is 5.85. The third kappa shape index (κ3) is 3.68. The summed E-state index contributed by atoms with van der Waals surface area (Å²) in [5.41, 5.74) is 0.997. The Labute approximate surface area is 137 Å². The summed E-state index contributed by atoms with van der Waals surface area (Å²) < 4.78 is 5.86. The van der Waals surface area contributed by atoms with Gasteiger partial charge in [0.25, 0.3) is 0 Å². The molecule has 1 heterocycles. The van der Waals surface area contributed by atoms with Crippen LogP contribution in [0.25, 0.3) is 0 Å². The van der Waals surface area contributed by atoms with E-state index in [0.29, 0.717) is 19.6 Å². The Balaban J connectivity index is 0.00000176. The van der Waals surface area contributed by atoms with Crippen LogP contribution in [-0.2, 0) is 16.8 Å². The fraction of sp³-hybridized carbons (Fsp3) is 0.333. The number of morpholine rings is 1. The lowest BCUT2D eigenvalue weighted by molar-refractivity contribution is -0.124. The van der Waals surface area contributed by atoms with E-state index in [1.807, 2.05) is 60.7 Å². The Morgan fingerprint density at radius 1 is 1.05 bits per heavy atom. The summed E-state index contributed by atoms with van der Waals surface area (Å²) in [7, 11) is 0. The zero-order chi connectivity index (χ0) is 14.5. The highest BCUT2D eigenvalue weighted by atomic mass is 35.5. The maximum Gasteiger partial charge on any atom is 0.121 e. The van der Waals surface area contributed by atoms with Crippen LogP contribution in [-0.4, -0.2) is 30.9 Å². The zero-order valence-corrected chi connectivity index (χ0v) is 13.3. The zero-order valence-electron chi connectivity index (χ0n) is 12.4. The van der Waals surface area contributed by atoms with E-state index < -0.39 is 5.60 Å². The first-order valence-electron chi connectivity index (χ1n) is 7.43. The number of halogens is 1. The highest BCUT2D eigenvalue weighted by Crippen LogP contribution is 2.31. The first kappa shape index (κ1) is 17.0. The Bertz CT molecular complexity index is 558. The molecule has 1 fully saturated rings. The van der Waals surface area contributed by atoms with Gasteiger partial charge in [-0.05, 0) is 11.1 Å². The van der Waals surface area contributed by atoms with E-state index in [0.717, 1.165) is 17.7 Å². The Hall–Kier alpha value is -1.39. The van der Waals surface area contributed by atoms with Crippen molar-refractivity contribution in [1.29, 1.82) is 0 Å². The number of nitrogens with one attached hydrogen (secondary N) is 1. The molecular formula is C18H22ClNO2. The van der Waals surface area contributed by atoms with Crippen molar-refractivity contribution in [2.75, 3.05) is 19.7 Å². The second kappa shape index (κ2) is 7.75. The Kier molecular flexibility index (Phi) is 5.98. The summed E-state index contributed by atoms with van der Waals surface area (Å²) in [5.74, 6) is 0. The predicted molar refractivity (Wildman–Crippen MR) is 90.3 cm³/mol. The van der Waals surface area contributed by atoms with Gasteiger partial charge in [-0.25, -0.2) is 0 Å². The van der Waals surface area contributed by atoms with E-state index in [4.69, 9.17) is 4.74 Å². The minimum atomic E-state index is -1.02. The molecule has 0 saturated carbocycles. The summed E-state index contributed by atoms with van der Waals surface area (Å²) in [4.78, 5) is 0. The van der Waals surface area contributed by atoms with E-state index >= 15 is 0 Å². The summed E-state index contributed by atoms with van der Waals surface area (Å²) in [6.45, 7) is 2.14. The number of benzene rings is 2. The van der Waals surface area contributed by atoms with Crippen LogP contribution >= 0.6 is 12.4 Å². The van der Waals surface area contributed by atoms with Crippen molar-refractivity contribution in [2.45, 2.75) is 18.1 Å². The SMILES string of the molecule is Cl.O[C@@](Cc1ccccc1)(c1ccccc1)[C@H]1CNCCO1. The molecule has 22 heavy (non-hydrogen) atoms. The highest BCUT2D eigenvalue weighted by Gasteiger charge is 2.40. The second-order valence-corrected chi connectivity index (χ2v) is 5.52. The van der Waals surface area contributed by atoms with E-state index in [1.165, 1.54) is 0 Å². The summed E-state index contributed by atoms with van der Waals surface area (Å²) in [6.07, 6.45) is 0.304. The molecule has 2 aromatic rings. The summed E-state index contributed by atoms with van der Waals surface area (Å²) in [5, 5.41) is 14.7. The van der Waals surface area contributed by atoms with Crippen molar-refractivity contribution in [3.63, 3.8) is 0 Å². The van der Waals surface area contributed by atoms with Crippen LogP contribution in [0.15, 0.2) is 60.7 Å². The fourth-order valence-corrected chi connectivity index (χ4v) is 2.91. The number of rotatable bonds is 4. The molecule has 2 N–H and O–H groups in total. The van der Waals surface area contributed by atoms with Gasteiger partial charge in [-0.15, -0.1) is 12.4 Å². The quantitative estimate of drug-likeness (QED) is 0.910. The predicted octanol–water partition coefficient (Wildman–Crippen LogP) is 2.53. The van der Waals surface area contributed by atoms with Gasteiger partial charge in [0, 0.05) is 19.5 Å². The largest absolute Gasteiger partial charge is 0.382 e. The van der Waals surface area contributed by atoms with E-state index in [2.05, 4.69) is 5.32 Å². The molecule has 118 valence electrons. The lowest BCUT2D eigenvalue weighted by Gasteiger charge is -2.39. The summed E-state index contributed by atoms with van der Waals surface area (Å²) >= 11 is 0. The molecule has 2 aromatic carbocycles.